The molecule has 0 radical (unpaired) electrons. The summed E-state index contributed by atoms with van der Waals surface area (Å²) in [5, 5.41) is 52.3. The third-order valence-electron chi connectivity index (χ3n) is 8.96. The van der Waals surface area contributed by atoms with Gasteiger partial charge in [-0.3, -0.25) is 9.09 Å². The van der Waals surface area contributed by atoms with Gasteiger partial charge in [0.05, 0.1) is 19.0 Å². The van der Waals surface area contributed by atoms with Crippen molar-refractivity contribution < 1.29 is 44.0 Å². The van der Waals surface area contributed by atoms with E-state index in [1.165, 1.54) is 12.7 Å². The van der Waals surface area contributed by atoms with Crippen LogP contribution in [-0.4, -0.2) is 80.8 Å². The average molecular weight is 634 g/mol. The quantitative estimate of drug-likeness (QED) is 0.104. The lowest BCUT2D eigenvalue weighted by Crippen LogP contribution is -2.44. The molecule has 0 spiro atoms. The number of imidazole rings is 1. The summed E-state index contributed by atoms with van der Waals surface area (Å²) in [6, 6.07) is 15.0. The number of hydrogen-bond donors (Lipinski definition) is 7. The van der Waals surface area contributed by atoms with E-state index in [2.05, 4.69) is 20.3 Å². The zero-order chi connectivity index (χ0) is 31.2. The van der Waals surface area contributed by atoms with Crippen molar-refractivity contribution in [3.63, 3.8) is 0 Å². The van der Waals surface area contributed by atoms with Crippen molar-refractivity contribution in [1.82, 2.24) is 19.5 Å². The van der Waals surface area contributed by atoms with Crippen LogP contribution in [0.3, 0.4) is 0 Å². The van der Waals surface area contributed by atoms with Crippen LogP contribution >= 0.6 is 7.82 Å². The van der Waals surface area contributed by atoms with Gasteiger partial charge in [-0.25, -0.2) is 19.5 Å². The molecule has 4 aromatic carbocycles. The summed E-state index contributed by atoms with van der Waals surface area (Å²) >= 11 is 0. The van der Waals surface area contributed by atoms with E-state index in [9.17, 15) is 34.8 Å². The second-order valence-corrected chi connectivity index (χ2v) is 12.7. The third-order valence-corrected chi connectivity index (χ3v) is 9.51. The number of aliphatic hydroxyl groups excluding tert-OH is 4. The van der Waals surface area contributed by atoms with Crippen LogP contribution < -0.4 is 5.32 Å². The highest BCUT2D eigenvalue weighted by atomic mass is 31.2. The molecule has 7 N–H and O–H groups in total. The van der Waals surface area contributed by atoms with Gasteiger partial charge in [-0.1, -0.05) is 42.5 Å². The Bertz CT molecular complexity index is 2120. The monoisotopic (exact) mass is 633 g/mol. The lowest BCUT2D eigenvalue weighted by atomic mass is 9.77. The summed E-state index contributed by atoms with van der Waals surface area (Å²) < 4.78 is 23.7. The lowest BCUT2D eigenvalue weighted by molar-refractivity contribution is -0.0766. The Kier molecular flexibility index (Phi) is 6.59. The molecule has 0 saturated carbocycles. The molecule has 2 aliphatic rings. The predicted molar refractivity (Wildman–Crippen MR) is 161 cm³/mol. The number of nitrogens with zero attached hydrogens (tertiary/aromatic N) is 4. The Balaban J connectivity index is 1.22. The van der Waals surface area contributed by atoms with Crippen molar-refractivity contribution in [2.24, 2.45) is 0 Å². The van der Waals surface area contributed by atoms with Crippen LogP contribution in [0.25, 0.3) is 43.5 Å². The van der Waals surface area contributed by atoms with Gasteiger partial charge < -0.3 is 40.3 Å². The fourth-order valence-electron chi connectivity index (χ4n) is 6.98. The van der Waals surface area contributed by atoms with E-state index in [4.69, 9.17) is 9.26 Å². The lowest BCUT2D eigenvalue weighted by Gasteiger charge is -2.39. The van der Waals surface area contributed by atoms with Gasteiger partial charge in [-0.2, -0.15) is 0 Å². The molecule has 45 heavy (non-hydrogen) atoms. The number of phosphoric ester groups is 1. The van der Waals surface area contributed by atoms with Gasteiger partial charge in [0, 0.05) is 6.42 Å². The smallest absolute Gasteiger partial charge is 0.394 e. The van der Waals surface area contributed by atoms with Crippen LogP contribution in [0, 0.1) is 0 Å². The summed E-state index contributed by atoms with van der Waals surface area (Å²) in [6.07, 6.45) is -4.40. The van der Waals surface area contributed by atoms with E-state index in [1.807, 2.05) is 48.5 Å². The van der Waals surface area contributed by atoms with Gasteiger partial charge in [0.25, 0.3) is 0 Å². The number of anilines is 1. The summed E-state index contributed by atoms with van der Waals surface area (Å²) in [5.74, 6) is 0.239. The number of phosphoric acid groups is 1. The minimum Gasteiger partial charge on any atom is -0.394 e. The Labute approximate surface area is 254 Å². The molecular weight excluding hydrogens is 605 g/mol. The first-order valence-corrected chi connectivity index (χ1v) is 15.8. The van der Waals surface area contributed by atoms with Crippen LogP contribution in [0.2, 0.25) is 0 Å². The van der Waals surface area contributed by atoms with Crippen molar-refractivity contribution in [2.75, 3.05) is 11.9 Å². The first kappa shape index (κ1) is 28.6. The number of fused-ring (bicyclic) bond motifs is 3. The number of ether oxygens (including phenoxy) is 1. The predicted octanol–water partition coefficient (Wildman–Crippen LogP) is 2.40. The highest BCUT2D eigenvalue weighted by Crippen LogP contribution is 2.47. The first-order chi connectivity index (χ1) is 21.6. The van der Waals surface area contributed by atoms with E-state index in [-0.39, 0.29) is 12.2 Å². The minimum absolute atomic E-state index is 0.00602. The Hall–Kier alpha value is -3.82. The number of benzene rings is 4. The molecule has 15 heteroatoms. The second kappa shape index (κ2) is 10.4. The first-order valence-electron chi connectivity index (χ1n) is 14.3. The van der Waals surface area contributed by atoms with Gasteiger partial charge in [0.1, 0.15) is 43.1 Å². The maximum Gasteiger partial charge on any atom is 0.469 e. The number of aliphatic hydroxyl groups is 4. The molecule has 3 heterocycles. The van der Waals surface area contributed by atoms with Gasteiger partial charge >= 0.3 is 7.82 Å². The fraction of sp³-hybridized carbons (Fsp3) is 0.300. The van der Waals surface area contributed by atoms with Gasteiger partial charge in [0.15, 0.2) is 17.0 Å². The molecule has 0 bridgehead atoms. The Morgan fingerprint density at radius 1 is 0.978 bits per heavy atom. The third kappa shape index (κ3) is 4.49. The molecule has 7 atom stereocenters. The SMILES string of the molecule is O=P(O)(O)O[C@H]1C[C@H](n2cnc3c(N[C@H]4c5c(cc6ccc7cccc8ccc5c6c78)[C@@H](O)[C@H](O)[C@@H]4O)ncnc32)O[C@@H]1CO. The topological polar surface area (TPSA) is 213 Å². The Morgan fingerprint density at radius 3 is 2.49 bits per heavy atom. The molecule has 14 nitrogen and oxygen atoms in total. The molecule has 0 amide bonds. The Morgan fingerprint density at radius 2 is 1.73 bits per heavy atom. The summed E-state index contributed by atoms with van der Waals surface area (Å²) in [6.45, 7) is -0.523. The van der Waals surface area contributed by atoms with Crippen LogP contribution in [-0.2, 0) is 13.8 Å². The second-order valence-electron chi connectivity index (χ2n) is 11.5. The van der Waals surface area contributed by atoms with Crippen LogP contribution in [0.1, 0.15) is 35.9 Å². The van der Waals surface area contributed by atoms with Crippen molar-refractivity contribution in [2.45, 2.75) is 49.2 Å². The van der Waals surface area contributed by atoms with Crippen molar-refractivity contribution >= 4 is 57.1 Å². The number of nitrogens with one attached hydrogen (secondary N) is 1. The van der Waals surface area contributed by atoms with E-state index < -0.39 is 57.2 Å². The molecule has 1 aliphatic carbocycles. The standard InChI is InChI=1S/C30H28N5O9P/c36-10-19-18(44-45(40,41)42)9-20(43-19)35-12-33-25-29(31-11-32-30(25)35)34-24-23-16-7-6-14-3-1-2-13-4-5-15(22(16)21(13)14)8-17(23)26(37)28(39)27(24)38/h1-8,11-12,18-20,24,26-28,36-39H,9-10H2,(H,31,32,34)(H2,40,41,42)/t18-,19+,20+,24-,26+,27+,28-/m0/s1. The average Bonchev–Trinajstić information content (AvgIpc) is 3.64. The van der Waals surface area contributed by atoms with E-state index in [0.717, 1.165) is 32.3 Å². The van der Waals surface area contributed by atoms with Gasteiger partial charge in [-0.05, 0) is 49.5 Å². The zero-order valence-electron chi connectivity index (χ0n) is 23.4. The number of aromatic nitrogens is 4. The summed E-state index contributed by atoms with van der Waals surface area (Å²) in [4.78, 5) is 31.8. The molecule has 2 aromatic heterocycles. The highest BCUT2D eigenvalue weighted by Gasteiger charge is 2.43. The maximum atomic E-state index is 11.5. The van der Waals surface area contributed by atoms with Crippen molar-refractivity contribution in [3.8, 4) is 0 Å². The molecule has 1 fully saturated rings. The maximum absolute atomic E-state index is 11.5. The van der Waals surface area contributed by atoms with Gasteiger partial charge in [0.2, 0.25) is 0 Å². The molecule has 6 aromatic rings. The van der Waals surface area contributed by atoms with Crippen LogP contribution in [0.4, 0.5) is 5.82 Å². The van der Waals surface area contributed by atoms with Crippen LogP contribution in [0.15, 0.2) is 61.2 Å². The summed E-state index contributed by atoms with van der Waals surface area (Å²) in [7, 11) is -4.84. The molecule has 8 rings (SSSR count). The van der Waals surface area contributed by atoms with Crippen molar-refractivity contribution in [3.05, 3.63) is 72.3 Å². The van der Waals surface area contributed by atoms with E-state index in [1.54, 1.807) is 4.57 Å². The highest BCUT2D eigenvalue weighted by molar-refractivity contribution is 7.46. The number of rotatable bonds is 6. The molecule has 1 saturated heterocycles. The van der Waals surface area contributed by atoms with E-state index >= 15 is 0 Å². The molecule has 1 aliphatic heterocycles. The largest absolute Gasteiger partial charge is 0.469 e. The van der Waals surface area contributed by atoms with Crippen LogP contribution in [0.5, 0.6) is 0 Å². The van der Waals surface area contributed by atoms with Crippen molar-refractivity contribution in [1.29, 1.82) is 0 Å². The fourth-order valence-corrected chi connectivity index (χ4v) is 7.56. The normalized spacial score (nSPS) is 27.2. The number of hydrogen-bond acceptors (Lipinski definition) is 11. The zero-order valence-corrected chi connectivity index (χ0v) is 24.3. The van der Waals surface area contributed by atoms with E-state index in [0.29, 0.717) is 22.3 Å². The molecule has 0 unspecified atom stereocenters. The minimum atomic E-state index is -4.84. The molecule has 232 valence electrons. The summed E-state index contributed by atoms with van der Waals surface area (Å²) in [5.41, 5.74) is 1.72. The molecular formula is C30H28N5O9P. The van der Waals surface area contributed by atoms with Gasteiger partial charge in [-0.15, -0.1) is 0 Å².